The fourth-order valence-corrected chi connectivity index (χ4v) is 4.29. The number of alkyl halides is 1. The van der Waals surface area contributed by atoms with Crippen molar-refractivity contribution in [3.8, 4) is 5.75 Å². The molecule has 18 heavy (non-hydrogen) atoms. The van der Waals surface area contributed by atoms with Crippen molar-refractivity contribution >= 4 is 43.2 Å². The van der Waals surface area contributed by atoms with Crippen LogP contribution in [-0.2, 0) is 0 Å². The number of aryl methyl sites for hydroxylation is 1. The Morgan fingerprint density at radius 1 is 1.33 bits per heavy atom. The van der Waals surface area contributed by atoms with Gasteiger partial charge in [-0.15, -0.1) is 0 Å². The molecular formula is C14H14Br2OS. The van der Waals surface area contributed by atoms with Crippen molar-refractivity contribution in [1.82, 2.24) is 0 Å². The van der Waals surface area contributed by atoms with Crippen molar-refractivity contribution in [2.75, 3.05) is 7.11 Å². The lowest BCUT2D eigenvalue weighted by Crippen LogP contribution is -2.02. The molecule has 96 valence electrons. The largest absolute Gasteiger partial charge is 0.496 e. The van der Waals surface area contributed by atoms with Gasteiger partial charge in [0.15, 0.2) is 0 Å². The number of halogens is 2. The second-order valence-corrected chi connectivity index (χ2v) is 6.72. The second-order valence-electron chi connectivity index (χ2n) is 4.17. The predicted octanol–water partition coefficient (Wildman–Crippen LogP) is 5.62. The molecule has 2 aromatic rings. The highest BCUT2D eigenvalue weighted by Crippen LogP contribution is 2.43. The molecule has 1 aromatic heterocycles. The smallest absolute Gasteiger partial charge is 0.126 e. The van der Waals surface area contributed by atoms with Crippen LogP contribution in [0.3, 0.4) is 0 Å². The monoisotopic (exact) mass is 388 g/mol. The number of methoxy groups -OCH3 is 1. The summed E-state index contributed by atoms with van der Waals surface area (Å²) >= 11 is 9.12. The van der Waals surface area contributed by atoms with Gasteiger partial charge in [0, 0.05) is 10.0 Å². The van der Waals surface area contributed by atoms with Crippen molar-refractivity contribution in [3.05, 3.63) is 49.6 Å². The zero-order valence-electron chi connectivity index (χ0n) is 10.5. The third-order valence-corrected chi connectivity index (χ3v) is 5.51. The van der Waals surface area contributed by atoms with Crippen LogP contribution in [0, 0.1) is 13.8 Å². The maximum atomic E-state index is 5.58. The van der Waals surface area contributed by atoms with Crippen LogP contribution in [0.5, 0.6) is 5.75 Å². The summed E-state index contributed by atoms with van der Waals surface area (Å²) in [7, 11) is 1.73. The Balaban J connectivity index is 2.62. The molecule has 1 aromatic carbocycles. The minimum absolute atomic E-state index is 0.162. The van der Waals surface area contributed by atoms with Crippen LogP contribution in [0.15, 0.2) is 27.4 Å². The predicted molar refractivity (Wildman–Crippen MR) is 85.3 cm³/mol. The van der Waals surface area contributed by atoms with E-state index in [9.17, 15) is 0 Å². The van der Waals surface area contributed by atoms with E-state index in [1.54, 1.807) is 18.4 Å². The molecule has 0 aliphatic carbocycles. The second kappa shape index (κ2) is 5.76. The number of thiophene rings is 1. The van der Waals surface area contributed by atoms with Gasteiger partial charge < -0.3 is 4.74 Å². The lowest BCUT2D eigenvalue weighted by atomic mass is 9.98. The van der Waals surface area contributed by atoms with Crippen LogP contribution in [0.4, 0.5) is 0 Å². The van der Waals surface area contributed by atoms with Gasteiger partial charge in [-0.2, -0.15) is 11.3 Å². The molecule has 0 aliphatic heterocycles. The van der Waals surface area contributed by atoms with E-state index < -0.39 is 0 Å². The number of ether oxygens (including phenoxy) is 1. The first-order chi connectivity index (χ1) is 8.56. The SMILES string of the molecule is COc1c(C)cc(Br)c(C)c1C(Br)c1ccsc1. The van der Waals surface area contributed by atoms with Gasteiger partial charge in [-0.3, -0.25) is 0 Å². The van der Waals surface area contributed by atoms with Crippen molar-refractivity contribution in [2.45, 2.75) is 18.7 Å². The Labute approximate surface area is 128 Å². The molecular weight excluding hydrogens is 376 g/mol. The van der Waals surface area contributed by atoms with Crippen LogP contribution < -0.4 is 4.74 Å². The normalized spacial score (nSPS) is 12.5. The van der Waals surface area contributed by atoms with E-state index in [0.29, 0.717) is 0 Å². The third kappa shape index (κ3) is 2.51. The molecule has 0 saturated heterocycles. The maximum Gasteiger partial charge on any atom is 0.126 e. The fourth-order valence-electron chi connectivity index (χ4n) is 2.04. The number of hydrogen-bond donors (Lipinski definition) is 0. The summed E-state index contributed by atoms with van der Waals surface area (Å²) in [6, 6.07) is 4.24. The van der Waals surface area contributed by atoms with E-state index >= 15 is 0 Å². The molecule has 1 nitrogen and oxygen atoms in total. The molecule has 0 bridgehead atoms. The van der Waals surface area contributed by atoms with Crippen molar-refractivity contribution in [3.63, 3.8) is 0 Å². The van der Waals surface area contributed by atoms with E-state index in [4.69, 9.17) is 4.74 Å². The average Bonchev–Trinajstić information content (AvgIpc) is 2.86. The van der Waals surface area contributed by atoms with Gasteiger partial charge in [0.05, 0.1) is 11.9 Å². The quantitative estimate of drug-likeness (QED) is 0.619. The summed E-state index contributed by atoms with van der Waals surface area (Å²) in [5.41, 5.74) is 4.82. The summed E-state index contributed by atoms with van der Waals surface area (Å²) in [6.07, 6.45) is 0. The summed E-state index contributed by atoms with van der Waals surface area (Å²) in [5.74, 6) is 0.962. The minimum atomic E-state index is 0.162. The molecule has 0 aliphatic rings. The van der Waals surface area contributed by atoms with Crippen LogP contribution in [0.1, 0.15) is 27.1 Å². The highest BCUT2D eigenvalue weighted by Gasteiger charge is 2.21. The van der Waals surface area contributed by atoms with Gasteiger partial charge in [0.2, 0.25) is 0 Å². The van der Waals surface area contributed by atoms with E-state index in [0.717, 1.165) is 15.8 Å². The molecule has 0 spiro atoms. The zero-order chi connectivity index (χ0) is 13.3. The molecule has 1 heterocycles. The first kappa shape index (κ1) is 14.1. The molecule has 2 rings (SSSR count). The van der Waals surface area contributed by atoms with E-state index in [1.807, 2.05) is 0 Å². The van der Waals surface area contributed by atoms with E-state index in [1.165, 1.54) is 16.7 Å². The summed E-state index contributed by atoms with van der Waals surface area (Å²) in [5, 5.41) is 4.25. The Bertz CT molecular complexity index is 549. The van der Waals surface area contributed by atoms with Gasteiger partial charge in [-0.05, 0) is 53.4 Å². The third-order valence-electron chi connectivity index (χ3n) is 3.00. The van der Waals surface area contributed by atoms with Gasteiger partial charge in [0.1, 0.15) is 5.75 Å². The van der Waals surface area contributed by atoms with E-state index in [2.05, 4.69) is 68.6 Å². The fraction of sp³-hybridized carbons (Fsp3) is 0.286. The lowest BCUT2D eigenvalue weighted by molar-refractivity contribution is 0.406. The lowest BCUT2D eigenvalue weighted by Gasteiger charge is -2.19. The highest BCUT2D eigenvalue weighted by atomic mass is 79.9. The van der Waals surface area contributed by atoms with Crippen LogP contribution in [-0.4, -0.2) is 7.11 Å². The Morgan fingerprint density at radius 2 is 2.06 bits per heavy atom. The molecule has 1 atom stereocenters. The van der Waals surface area contributed by atoms with Gasteiger partial charge >= 0.3 is 0 Å². The number of rotatable bonds is 3. The first-order valence-corrected chi connectivity index (χ1v) is 8.21. The number of benzene rings is 1. The molecule has 0 N–H and O–H groups in total. The first-order valence-electron chi connectivity index (χ1n) is 5.56. The van der Waals surface area contributed by atoms with Crippen LogP contribution in [0.2, 0.25) is 0 Å². The summed E-state index contributed by atoms with van der Waals surface area (Å²) in [4.78, 5) is 0.162. The maximum absolute atomic E-state index is 5.58. The van der Waals surface area contributed by atoms with Crippen molar-refractivity contribution < 1.29 is 4.74 Å². The summed E-state index contributed by atoms with van der Waals surface area (Å²) in [6.45, 7) is 4.18. The zero-order valence-corrected chi connectivity index (χ0v) is 14.4. The molecule has 4 heteroatoms. The van der Waals surface area contributed by atoms with Gasteiger partial charge in [-0.25, -0.2) is 0 Å². The molecule has 0 fully saturated rings. The van der Waals surface area contributed by atoms with Crippen molar-refractivity contribution in [2.24, 2.45) is 0 Å². The molecule has 1 unspecified atom stereocenters. The Kier molecular flexibility index (Phi) is 4.51. The molecule has 0 radical (unpaired) electrons. The van der Waals surface area contributed by atoms with Crippen LogP contribution >= 0.6 is 43.2 Å². The Morgan fingerprint density at radius 3 is 2.61 bits per heavy atom. The highest BCUT2D eigenvalue weighted by molar-refractivity contribution is 9.10. The number of hydrogen-bond acceptors (Lipinski definition) is 2. The molecule has 0 amide bonds. The van der Waals surface area contributed by atoms with Gasteiger partial charge in [-0.1, -0.05) is 31.9 Å². The van der Waals surface area contributed by atoms with Crippen molar-refractivity contribution in [1.29, 1.82) is 0 Å². The average molecular weight is 390 g/mol. The Hall–Kier alpha value is -0.320. The topological polar surface area (TPSA) is 9.23 Å². The molecule has 0 saturated carbocycles. The minimum Gasteiger partial charge on any atom is -0.496 e. The van der Waals surface area contributed by atoms with E-state index in [-0.39, 0.29) is 4.83 Å². The van der Waals surface area contributed by atoms with Gasteiger partial charge in [0.25, 0.3) is 0 Å². The summed E-state index contributed by atoms with van der Waals surface area (Å²) < 4.78 is 6.70. The van der Waals surface area contributed by atoms with Crippen LogP contribution in [0.25, 0.3) is 0 Å². The standard InChI is InChI=1S/C14H14Br2OS/c1-8-6-11(15)9(2)12(14(8)17-3)13(16)10-4-5-18-7-10/h4-7,13H,1-3H3.